The van der Waals surface area contributed by atoms with Gasteiger partial charge in [0.25, 0.3) is 5.91 Å². The number of aliphatic hydroxyl groups is 1. The first-order valence-electron chi connectivity index (χ1n) is 5.77. The van der Waals surface area contributed by atoms with Gasteiger partial charge in [0.2, 0.25) is 0 Å². The lowest BCUT2D eigenvalue weighted by Gasteiger charge is -2.10. The van der Waals surface area contributed by atoms with Gasteiger partial charge in [-0.3, -0.25) is 4.79 Å². The Morgan fingerprint density at radius 1 is 1.44 bits per heavy atom. The van der Waals surface area contributed by atoms with Gasteiger partial charge in [0.15, 0.2) is 0 Å². The van der Waals surface area contributed by atoms with Crippen LogP contribution in [0, 0.1) is 0 Å². The molecule has 100 valence electrons. The average Bonchev–Trinajstić information content (AvgIpc) is 2.39. The Hall–Kier alpha value is -1.10. The molecule has 18 heavy (non-hydrogen) atoms. The molecule has 1 amide bonds. The number of aliphatic hydroxyl groups excluding tert-OH is 1. The SMILES string of the molecule is COCC(O)CCNC(=O)c1ccc(CCl)cc1. The van der Waals surface area contributed by atoms with E-state index >= 15 is 0 Å². The van der Waals surface area contributed by atoms with E-state index in [2.05, 4.69) is 5.32 Å². The van der Waals surface area contributed by atoms with Crippen LogP contribution in [0.15, 0.2) is 24.3 Å². The van der Waals surface area contributed by atoms with Gasteiger partial charge in [0.05, 0.1) is 12.7 Å². The predicted molar refractivity (Wildman–Crippen MR) is 70.8 cm³/mol. The Labute approximate surface area is 112 Å². The summed E-state index contributed by atoms with van der Waals surface area (Å²) in [7, 11) is 1.53. The van der Waals surface area contributed by atoms with Crippen LogP contribution in [0.25, 0.3) is 0 Å². The molecule has 0 saturated heterocycles. The first-order valence-corrected chi connectivity index (χ1v) is 6.31. The van der Waals surface area contributed by atoms with E-state index in [1.54, 1.807) is 12.1 Å². The highest BCUT2D eigenvalue weighted by molar-refractivity contribution is 6.17. The smallest absolute Gasteiger partial charge is 0.251 e. The molecule has 0 saturated carbocycles. The summed E-state index contributed by atoms with van der Waals surface area (Å²) in [6.45, 7) is 0.695. The number of halogens is 1. The maximum Gasteiger partial charge on any atom is 0.251 e. The lowest BCUT2D eigenvalue weighted by atomic mass is 10.1. The summed E-state index contributed by atoms with van der Waals surface area (Å²) < 4.78 is 4.80. The zero-order valence-corrected chi connectivity index (χ0v) is 11.1. The van der Waals surface area contributed by atoms with Crippen molar-refractivity contribution in [2.24, 2.45) is 0 Å². The Balaban J connectivity index is 2.35. The summed E-state index contributed by atoms with van der Waals surface area (Å²) >= 11 is 5.67. The number of benzene rings is 1. The highest BCUT2D eigenvalue weighted by atomic mass is 35.5. The summed E-state index contributed by atoms with van der Waals surface area (Å²) in [5, 5.41) is 12.1. The normalized spacial score (nSPS) is 12.2. The highest BCUT2D eigenvalue weighted by Crippen LogP contribution is 2.06. The first kappa shape index (κ1) is 15.0. The number of ether oxygens (including phenoxy) is 1. The Kier molecular flexibility index (Phi) is 6.72. The van der Waals surface area contributed by atoms with Crippen LogP contribution < -0.4 is 5.32 Å². The highest BCUT2D eigenvalue weighted by Gasteiger charge is 2.07. The molecule has 0 fully saturated rings. The minimum absolute atomic E-state index is 0.152. The van der Waals surface area contributed by atoms with Crippen LogP contribution >= 0.6 is 11.6 Å². The lowest BCUT2D eigenvalue weighted by Crippen LogP contribution is -2.28. The number of alkyl halides is 1. The van der Waals surface area contributed by atoms with E-state index in [1.807, 2.05) is 12.1 Å². The fourth-order valence-electron chi connectivity index (χ4n) is 1.48. The third kappa shape index (κ3) is 5.04. The number of rotatable bonds is 7. The van der Waals surface area contributed by atoms with Crippen LogP contribution in [0.4, 0.5) is 0 Å². The maximum absolute atomic E-state index is 11.7. The third-order valence-corrected chi connectivity index (χ3v) is 2.80. The van der Waals surface area contributed by atoms with Crippen molar-refractivity contribution in [1.29, 1.82) is 0 Å². The average molecular weight is 272 g/mol. The van der Waals surface area contributed by atoms with Gasteiger partial charge in [-0.05, 0) is 24.1 Å². The monoisotopic (exact) mass is 271 g/mol. The minimum atomic E-state index is -0.547. The molecule has 0 radical (unpaired) electrons. The molecule has 0 aliphatic carbocycles. The third-order valence-electron chi connectivity index (χ3n) is 2.49. The molecular formula is C13H18ClNO3. The number of carbonyl (C=O) groups excluding carboxylic acids is 1. The van der Waals surface area contributed by atoms with E-state index in [0.717, 1.165) is 5.56 Å². The Morgan fingerprint density at radius 2 is 2.11 bits per heavy atom. The van der Waals surface area contributed by atoms with Crippen molar-refractivity contribution in [3.63, 3.8) is 0 Å². The standard InChI is InChI=1S/C13H18ClNO3/c1-18-9-12(16)6-7-15-13(17)11-4-2-10(8-14)3-5-11/h2-5,12,16H,6-9H2,1H3,(H,15,17). The van der Waals surface area contributed by atoms with E-state index in [-0.39, 0.29) is 12.5 Å². The molecule has 1 rings (SSSR count). The van der Waals surface area contributed by atoms with Gasteiger partial charge < -0.3 is 15.2 Å². The zero-order chi connectivity index (χ0) is 13.4. The Bertz CT molecular complexity index is 367. The van der Waals surface area contributed by atoms with Gasteiger partial charge in [-0.15, -0.1) is 11.6 Å². The molecule has 0 aliphatic rings. The van der Waals surface area contributed by atoms with Crippen molar-refractivity contribution < 1.29 is 14.6 Å². The molecule has 2 N–H and O–H groups in total. The number of carbonyl (C=O) groups is 1. The summed E-state index contributed by atoms with van der Waals surface area (Å²) in [6, 6.07) is 7.11. The summed E-state index contributed by atoms with van der Waals surface area (Å²) in [4.78, 5) is 11.7. The minimum Gasteiger partial charge on any atom is -0.391 e. The summed E-state index contributed by atoms with van der Waals surface area (Å²) in [5.41, 5.74) is 1.56. The molecule has 0 spiro atoms. The van der Waals surface area contributed by atoms with Crippen LogP contribution in [0.2, 0.25) is 0 Å². The molecule has 0 aromatic heterocycles. The molecule has 1 unspecified atom stereocenters. The lowest BCUT2D eigenvalue weighted by molar-refractivity contribution is 0.0587. The molecule has 0 aliphatic heterocycles. The second-order valence-electron chi connectivity index (χ2n) is 3.98. The van der Waals surface area contributed by atoms with Crippen LogP contribution in [-0.2, 0) is 10.6 Å². The van der Waals surface area contributed by atoms with Crippen molar-refractivity contribution in [2.45, 2.75) is 18.4 Å². The van der Waals surface area contributed by atoms with Gasteiger partial charge in [-0.25, -0.2) is 0 Å². The fourth-order valence-corrected chi connectivity index (χ4v) is 1.65. The van der Waals surface area contributed by atoms with E-state index in [0.29, 0.717) is 24.4 Å². The number of methoxy groups -OCH3 is 1. The second kappa shape index (κ2) is 8.08. The van der Waals surface area contributed by atoms with E-state index < -0.39 is 6.10 Å². The maximum atomic E-state index is 11.7. The van der Waals surface area contributed by atoms with Crippen molar-refractivity contribution in [1.82, 2.24) is 5.32 Å². The largest absolute Gasteiger partial charge is 0.391 e. The van der Waals surface area contributed by atoms with E-state index in [9.17, 15) is 9.90 Å². The van der Waals surface area contributed by atoms with Crippen molar-refractivity contribution in [3.05, 3.63) is 35.4 Å². The van der Waals surface area contributed by atoms with Gasteiger partial charge in [0.1, 0.15) is 0 Å². The van der Waals surface area contributed by atoms with Gasteiger partial charge in [-0.2, -0.15) is 0 Å². The molecule has 1 aromatic rings. The van der Waals surface area contributed by atoms with Crippen LogP contribution in [0.5, 0.6) is 0 Å². The van der Waals surface area contributed by atoms with Gasteiger partial charge in [0, 0.05) is 25.1 Å². The number of hydrogen-bond acceptors (Lipinski definition) is 3. The van der Waals surface area contributed by atoms with E-state index in [4.69, 9.17) is 16.3 Å². The Morgan fingerprint density at radius 3 is 2.67 bits per heavy atom. The van der Waals surface area contributed by atoms with Crippen LogP contribution in [0.1, 0.15) is 22.3 Å². The topological polar surface area (TPSA) is 58.6 Å². The second-order valence-corrected chi connectivity index (χ2v) is 4.25. The molecule has 5 heteroatoms. The predicted octanol–water partition coefficient (Wildman–Crippen LogP) is 1.55. The quantitative estimate of drug-likeness (QED) is 0.740. The van der Waals surface area contributed by atoms with Crippen LogP contribution in [-0.4, -0.2) is 37.4 Å². The fraction of sp³-hybridized carbons (Fsp3) is 0.462. The number of amides is 1. The molecule has 0 heterocycles. The molecular weight excluding hydrogens is 254 g/mol. The zero-order valence-electron chi connectivity index (χ0n) is 10.4. The summed E-state index contributed by atoms with van der Waals surface area (Å²) in [5.74, 6) is 0.284. The number of hydrogen-bond donors (Lipinski definition) is 2. The van der Waals surface area contributed by atoms with Crippen molar-refractivity contribution in [2.75, 3.05) is 20.3 Å². The first-order chi connectivity index (χ1) is 8.67. The molecule has 0 bridgehead atoms. The van der Waals surface area contributed by atoms with Gasteiger partial charge >= 0.3 is 0 Å². The van der Waals surface area contributed by atoms with Crippen molar-refractivity contribution in [3.8, 4) is 0 Å². The van der Waals surface area contributed by atoms with E-state index in [1.165, 1.54) is 7.11 Å². The van der Waals surface area contributed by atoms with Gasteiger partial charge in [-0.1, -0.05) is 12.1 Å². The number of nitrogens with one attached hydrogen (secondary N) is 1. The van der Waals surface area contributed by atoms with Crippen LogP contribution in [0.3, 0.4) is 0 Å². The molecule has 1 aromatic carbocycles. The molecule has 4 nitrogen and oxygen atoms in total. The molecule has 1 atom stereocenters. The summed E-state index contributed by atoms with van der Waals surface area (Å²) in [6.07, 6.45) is -0.0757. The van der Waals surface area contributed by atoms with Crippen molar-refractivity contribution >= 4 is 17.5 Å².